The molecule has 1 unspecified atom stereocenters. The van der Waals surface area contributed by atoms with Gasteiger partial charge in [0.25, 0.3) is 0 Å². The van der Waals surface area contributed by atoms with Gasteiger partial charge in [-0.1, -0.05) is 41.4 Å². The van der Waals surface area contributed by atoms with Crippen LogP contribution >= 0.6 is 11.6 Å². The molecule has 0 bridgehead atoms. The summed E-state index contributed by atoms with van der Waals surface area (Å²) in [6.07, 6.45) is 0. The Morgan fingerprint density at radius 3 is 2.35 bits per heavy atom. The minimum absolute atomic E-state index is 0.358. The van der Waals surface area contributed by atoms with Crippen molar-refractivity contribution >= 4 is 23.5 Å². The first-order valence-electron chi connectivity index (χ1n) is 6.25. The highest BCUT2D eigenvalue weighted by molar-refractivity contribution is 6.30. The maximum Gasteiger partial charge on any atom is 0.342 e. The molecule has 3 rings (SSSR count). The van der Waals surface area contributed by atoms with Crippen molar-refractivity contribution < 1.29 is 9.53 Å². The normalized spacial score (nSPS) is 17.8. The molecule has 0 saturated carbocycles. The summed E-state index contributed by atoms with van der Waals surface area (Å²) < 4.78 is 5.26. The van der Waals surface area contributed by atoms with Crippen LogP contribution in [0.4, 0.5) is 0 Å². The van der Waals surface area contributed by atoms with Crippen molar-refractivity contribution in [1.82, 2.24) is 0 Å². The fraction of sp³-hybridized carbons (Fsp3) is 0.125. The molecule has 3 nitrogen and oxygen atoms in total. The Morgan fingerprint density at radius 2 is 1.70 bits per heavy atom. The third-order valence-corrected chi connectivity index (χ3v) is 3.40. The molecule has 0 N–H and O–H groups in total. The Hall–Kier alpha value is -2.13. The van der Waals surface area contributed by atoms with E-state index in [0.29, 0.717) is 10.9 Å². The van der Waals surface area contributed by atoms with Gasteiger partial charge in [-0.15, -0.1) is 0 Å². The zero-order chi connectivity index (χ0) is 14.1. The first-order valence-corrected chi connectivity index (χ1v) is 6.63. The molecule has 0 aliphatic carbocycles. The Labute approximate surface area is 121 Å². The van der Waals surface area contributed by atoms with Gasteiger partial charge in [-0.2, -0.15) is 0 Å². The Kier molecular flexibility index (Phi) is 3.28. The van der Waals surface area contributed by atoms with E-state index in [1.54, 1.807) is 24.3 Å². The monoisotopic (exact) mass is 285 g/mol. The molecule has 0 saturated heterocycles. The Bertz CT molecular complexity index is 675. The van der Waals surface area contributed by atoms with E-state index in [4.69, 9.17) is 16.3 Å². The van der Waals surface area contributed by atoms with Crippen LogP contribution in [0.25, 0.3) is 0 Å². The third-order valence-electron chi connectivity index (χ3n) is 3.15. The van der Waals surface area contributed by atoms with Gasteiger partial charge in [-0.05, 0) is 36.8 Å². The first kappa shape index (κ1) is 12.9. The number of benzene rings is 2. The van der Waals surface area contributed by atoms with Crippen LogP contribution < -0.4 is 0 Å². The summed E-state index contributed by atoms with van der Waals surface area (Å²) in [6, 6.07) is 14.2. The highest BCUT2D eigenvalue weighted by atomic mass is 35.5. The molecule has 20 heavy (non-hydrogen) atoms. The number of rotatable bonds is 2. The van der Waals surface area contributed by atoms with Gasteiger partial charge in [0.1, 0.15) is 0 Å². The van der Waals surface area contributed by atoms with Gasteiger partial charge in [0.2, 0.25) is 5.90 Å². The van der Waals surface area contributed by atoms with Gasteiger partial charge in [-0.3, -0.25) is 0 Å². The van der Waals surface area contributed by atoms with Gasteiger partial charge in [-0.25, -0.2) is 9.79 Å². The van der Waals surface area contributed by atoms with Gasteiger partial charge in [0.05, 0.1) is 0 Å². The zero-order valence-corrected chi connectivity index (χ0v) is 11.6. The number of hydrogen-bond acceptors (Lipinski definition) is 3. The summed E-state index contributed by atoms with van der Waals surface area (Å²) in [5.74, 6) is 0.0119. The van der Waals surface area contributed by atoms with E-state index in [0.717, 1.165) is 16.7 Å². The smallest absolute Gasteiger partial charge is 0.342 e. The fourth-order valence-corrected chi connectivity index (χ4v) is 2.16. The van der Waals surface area contributed by atoms with E-state index >= 15 is 0 Å². The number of halogens is 1. The topological polar surface area (TPSA) is 38.7 Å². The quantitative estimate of drug-likeness (QED) is 0.789. The van der Waals surface area contributed by atoms with E-state index in [-0.39, 0.29) is 5.97 Å². The number of carbonyl (C=O) groups excluding carboxylic acids is 1. The SMILES string of the molecule is Cc1ccc(C2=NC(c3ccc(Cl)cc3)C(=O)O2)cc1. The standard InChI is InChI=1S/C16H12ClNO2/c1-10-2-4-12(5-3-10)15-18-14(16(19)20-15)11-6-8-13(17)9-7-11/h2-9,14H,1H3. The summed E-state index contributed by atoms with van der Waals surface area (Å²) in [4.78, 5) is 16.3. The lowest BCUT2D eigenvalue weighted by molar-refractivity contribution is -0.135. The second-order valence-electron chi connectivity index (χ2n) is 4.68. The Morgan fingerprint density at radius 1 is 1.05 bits per heavy atom. The van der Waals surface area contributed by atoms with Crippen LogP contribution in [0.2, 0.25) is 5.02 Å². The van der Waals surface area contributed by atoms with Crippen molar-refractivity contribution in [3.63, 3.8) is 0 Å². The average Bonchev–Trinajstić information content (AvgIpc) is 2.82. The molecule has 0 aromatic heterocycles. The number of hydrogen-bond donors (Lipinski definition) is 0. The van der Waals surface area contributed by atoms with E-state index < -0.39 is 6.04 Å². The summed E-state index contributed by atoms with van der Waals surface area (Å²) in [5, 5.41) is 0.628. The van der Waals surface area contributed by atoms with Crippen LogP contribution in [0.1, 0.15) is 22.7 Å². The molecule has 100 valence electrons. The van der Waals surface area contributed by atoms with Crippen molar-refractivity contribution in [2.75, 3.05) is 0 Å². The lowest BCUT2D eigenvalue weighted by Gasteiger charge is -2.02. The fourth-order valence-electron chi connectivity index (χ4n) is 2.03. The van der Waals surface area contributed by atoms with Gasteiger partial charge in [0.15, 0.2) is 6.04 Å². The van der Waals surface area contributed by atoms with Crippen LogP contribution in [-0.2, 0) is 9.53 Å². The summed E-state index contributed by atoms with van der Waals surface area (Å²) in [7, 11) is 0. The molecular weight excluding hydrogens is 274 g/mol. The van der Waals surface area contributed by atoms with Crippen LogP contribution in [0.5, 0.6) is 0 Å². The number of aryl methyl sites for hydroxylation is 1. The summed E-state index contributed by atoms with van der Waals surface area (Å²) in [5.41, 5.74) is 2.73. The van der Waals surface area contributed by atoms with E-state index in [1.807, 2.05) is 31.2 Å². The van der Waals surface area contributed by atoms with Crippen molar-refractivity contribution in [2.24, 2.45) is 4.99 Å². The van der Waals surface area contributed by atoms with Crippen molar-refractivity contribution in [3.8, 4) is 0 Å². The second-order valence-corrected chi connectivity index (χ2v) is 5.11. The van der Waals surface area contributed by atoms with E-state index in [1.165, 1.54) is 0 Å². The lowest BCUT2D eigenvalue weighted by Crippen LogP contribution is -2.08. The largest absolute Gasteiger partial charge is 0.405 e. The maximum absolute atomic E-state index is 11.9. The highest BCUT2D eigenvalue weighted by Gasteiger charge is 2.31. The molecule has 2 aromatic carbocycles. The predicted octanol–water partition coefficient (Wildman–Crippen LogP) is 3.69. The van der Waals surface area contributed by atoms with E-state index in [2.05, 4.69) is 4.99 Å². The molecule has 0 amide bonds. The van der Waals surface area contributed by atoms with Crippen LogP contribution in [0.3, 0.4) is 0 Å². The maximum atomic E-state index is 11.9. The van der Waals surface area contributed by atoms with Crippen LogP contribution in [-0.4, -0.2) is 11.9 Å². The number of nitrogens with zero attached hydrogens (tertiary/aromatic N) is 1. The predicted molar refractivity (Wildman–Crippen MR) is 78.0 cm³/mol. The number of ether oxygens (including phenoxy) is 1. The molecule has 0 radical (unpaired) electrons. The second kappa shape index (κ2) is 5.10. The molecule has 4 heteroatoms. The molecule has 1 heterocycles. The number of carbonyl (C=O) groups is 1. The summed E-state index contributed by atoms with van der Waals surface area (Å²) >= 11 is 5.84. The number of esters is 1. The van der Waals surface area contributed by atoms with Crippen LogP contribution in [0.15, 0.2) is 53.5 Å². The lowest BCUT2D eigenvalue weighted by atomic mass is 10.1. The van der Waals surface area contributed by atoms with Crippen molar-refractivity contribution in [1.29, 1.82) is 0 Å². The van der Waals surface area contributed by atoms with E-state index in [9.17, 15) is 4.79 Å². The first-order chi connectivity index (χ1) is 9.63. The molecule has 1 aliphatic heterocycles. The molecule has 2 aromatic rings. The van der Waals surface area contributed by atoms with Gasteiger partial charge < -0.3 is 4.74 Å². The van der Waals surface area contributed by atoms with Crippen molar-refractivity contribution in [2.45, 2.75) is 13.0 Å². The molecule has 1 atom stereocenters. The minimum atomic E-state index is -0.608. The third kappa shape index (κ3) is 2.45. The summed E-state index contributed by atoms with van der Waals surface area (Å²) in [6.45, 7) is 2.00. The highest BCUT2D eigenvalue weighted by Crippen LogP contribution is 2.27. The molecule has 0 spiro atoms. The molecule has 1 aliphatic rings. The average molecular weight is 286 g/mol. The Balaban J connectivity index is 1.92. The molecule has 0 fully saturated rings. The number of cyclic esters (lactones) is 1. The van der Waals surface area contributed by atoms with Gasteiger partial charge >= 0.3 is 5.97 Å². The zero-order valence-electron chi connectivity index (χ0n) is 10.8. The number of aliphatic imine (C=N–C) groups is 1. The van der Waals surface area contributed by atoms with Crippen molar-refractivity contribution in [3.05, 3.63) is 70.2 Å². The molecular formula is C16H12ClNO2. The van der Waals surface area contributed by atoms with Crippen LogP contribution in [0, 0.1) is 6.92 Å². The van der Waals surface area contributed by atoms with Gasteiger partial charge in [0, 0.05) is 10.6 Å². The minimum Gasteiger partial charge on any atom is -0.405 e.